The van der Waals surface area contributed by atoms with E-state index in [-0.39, 0.29) is 0 Å². The van der Waals surface area contributed by atoms with Crippen molar-refractivity contribution < 1.29 is 0 Å². The maximum absolute atomic E-state index is 5.68. The molecule has 0 aliphatic heterocycles. The molecule has 14 heavy (non-hydrogen) atoms. The van der Waals surface area contributed by atoms with Crippen molar-refractivity contribution in [3.63, 3.8) is 0 Å². The van der Waals surface area contributed by atoms with Gasteiger partial charge in [-0.2, -0.15) is 0 Å². The quantitative estimate of drug-likeness (QED) is 0.704. The summed E-state index contributed by atoms with van der Waals surface area (Å²) in [7, 11) is 5.68. The van der Waals surface area contributed by atoms with Crippen molar-refractivity contribution in [1.29, 1.82) is 0 Å². The molecule has 0 bridgehead atoms. The van der Waals surface area contributed by atoms with Gasteiger partial charge in [0.25, 0.3) is 0 Å². The van der Waals surface area contributed by atoms with Gasteiger partial charge < -0.3 is 0 Å². The first-order chi connectivity index (χ1) is 6.88. The van der Waals surface area contributed by atoms with Gasteiger partial charge in [0.2, 0.25) is 0 Å². The monoisotopic (exact) mass is 394 g/mol. The molecule has 0 saturated carbocycles. The van der Waals surface area contributed by atoms with Gasteiger partial charge in [0, 0.05) is 0 Å². The van der Waals surface area contributed by atoms with Crippen LogP contribution in [0.5, 0.6) is 0 Å². The van der Waals surface area contributed by atoms with Crippen molar-refractivity contribution in [2.75, 3.05) is 0 Å². The number of hydrogen-bond donors (Lipinski definition) is 0. The Labute approximate surface area is 95.6 Å². The second-order valence-corrected chi connectivity index (χ2v) is 13.7. The molecule has 0 N–H and O–H groups in total. The van der Waals surface area contributed by atoms with E-state index >= 15 is 0 Å². The van der Waals surface area contributed by atoms with Gasteiger partial charge in [-0.3, -0.25) is 0 Å². The normalized spacial score (nSPS) is 9.71. The fourth-order valence-corrected chi connectivity index (χ4v) is 8.88. The van der Waals surface area contributed by atoms with Gasteiger partial charge in [0.15, 0.2) is 0 Å². The zero-order chi connectivity index (χ0) is 9.80. The fourth-order valence-electron chi connectivity index (χ4n) is 1.35. The van der Waals surface area contributed by atoms with Crippen molar-refractivity contribution >= 4 is 35.5 Å². The Hall–Kier alpha value is -0.418. The average molecular weight is 393 g/mol. The van der Waals surface area contributed by atoms with E-state index in [4.69, 9.17) is 8.65 Å². The van der Waals surface area contributed by atoms with Crippen LogP contribution in [-0.4, -0.2) is 20.6 Å². The fraction of sp³-hybridized carbons (Fsp3) is 0. The Balaban J connectivity index is 2.35. The van der Waals surface area contributed by atoms with Gasteiger partial charge in [-0.15, -0.1) is 0 Å². The second kappa shape index (κ2) is 4.89. The summed E-state index contributed by atoms with van der Waals surface area (Å²) in [4.78, 5) is 0. The molecule has 0 heterocycles. The SMILES string of the molecule is [S]=[Pb]([c]1ccccc1)[c]1ccccc1. The number of hydrogen-bond acceptors (Lipinski definition) is 1. The van der Waals surface area contributed by atoms with Gasteiger partial charge in [0.05, 0.1) is 0 Å². The van der Waals surface area contributed by atoms with Crippen molar-refractivity contribution in [2.45, 2.75) is 0 Å². The zero-order valence-corrected chi connectivity index (χ0v) is 12.4. The van der Waals surface area contributed by atoms with Crippen LogP contribution < -0.4 is 6.25 Å². The molecular weight excluding hydrogens is 383 g/mol. The van der Waals surface area contributed by atoms with E-state index < -0.39 is 20.6 Å². The Morgan fingerprint density at radius 2 is 1.00 bits per heavy atom. The predicted molar refractivity (Wildman–Crippen MR) is 65.5 cm³/mol. The summed E-state index contributed by atoms with van der Waals surface area (Å²) in [5.74, 6) is 0. The first-order valence-corrected chi connectivity index (χ1v) is 13.6. The molecule has 2 aromatic rings. The van der Waals surface area contributed by atoms with Gasteiger partial charge >= 0.3 is 96.2 Å². The Morgan fingerprint density at radius 3 is 1.36 bits per heavy atom. The van der Waals surface area contributed by atoms with E-state index in [2.05, 4.69) is 48.5 Å². The minimum atomic E-state index is -2.08. The molecule has 2 aromatic carbocycles. The van der Waals surface area contributed by atoms with Crippen LogP contribution in [0.25, 0.3) is 0 Å². The molecule has 68 valence electrons. The summed E-state index contributed by atoms with van der Waals surface area (Å²) >= 11 is -2.08. The van der Waals surface area contributed by atoms with Crippen molar-refractivity contribution in [2.24, 2.45) is 0 Å². The van der Waals surface area contributed by atoms with E-state index in [1.165, 1.54) is 6.25 Å². The summed E-state index contributed by atoms with van der Waals surface area (Å²) < 4.78 is 2.80. The van der Waals surface area contributed by atoms with Gasteiger partial charge in [0.1, 0.15) is 0 Å². The molecule has 0 aliphatic carbocycles. The topological polar surface area (TPSA) is 0 Å². The van der Waals surface area contributed by atoms with Crippen LogP contribution in [0.15, 0.2) is 60.7 Å². The van der Waals surface area contributed by atoms with Crippen molar-refractivity contribution in [1.82, 2.24) is 0 Å². The molecule has 0 nitrogen and oxygen atoms in total. The van der Waals surface area contributed by atoms with E-state index in [1.807, 2.05) is 12.1 Å². The third kappa shape index (κ3) is 2.33. The van der Waals surface area contributed by atoms with Gasteiger partial charge in [-0.25, -0.2) is 0 Å². The van der Waals surface area contributed by atoms with Crippen molar-refractivity contribution in [3.8, 4) is 0 Å². The first-order valence-electron chi connectivity index (χ1n) is 4.53. The molecule has 0 saturated heterocycles. The first kappa shape index (κ1) is 10.1. The molecule has 0 unspecified atom stereocenters. The van der Waals surface area contributed by atoms with Crippen molar-refractivity contribution in [3.05, 3.63) is 60.7 Å². The molecule has 0 atom stereocenters. The molecule has 0 radical (unpaired) electrons. The Bertz CT molecular complexity index is 381. The molecule has 2 rings (SSSR count). The molecule has 2 heteroatoms. The van der Waals surface area contributed by atoms with Crippen LogP contribution in [-0.2, 0) is 0 Å². The molecular formula is C12H10PbS. The summed E-state index contributed by atoms with van der Waals surface area (Å²) in [6, 6.07) is 21.1. The van der Waals surface area contributed by atoms with Crippen LogP contribution in [0, 0.1) is 0 Å². The summed E-state index contributed by atoms with van der Waals surface area (Å²) in [6.45, 7) is 0. The molecule has 0 fully saturated rings. The second-order valence-electron chi connectivity index (χ2n) is 3.06. The van der Waals surface area contributed by atoms with E-state index in [9.17, 15) is 0 Å². The van der Waals surface area contributed by atoms with Crippen LogP contribution >= 0.6 is 8.65 Å². The molecule has 0 spiro atoms. The van der Waals surface area contributed by atoms with Gasteiger partial charge in [-0.05, 0) is 0 Å². The van der Waals surface area contributed by atoms with Crippen LogP contribution in [0.2, 0.25) is 0 Å². The molecule has 0 amide bonds. The van der Waals surface area contributed by atoms with Gasteiger partial charge in [-0.1, -0.05) is 0 Å². The van der Waals surface area contributed by atoms with Crippen LogP contribution in [0.4, 0.5) is 0 Å². The number of benzene rings is 2. The third-order valence-corrected chi connectivity index (χ3v) is 12.9. The van der Waals surface area contributed by atoms with Crippen LogP contribution in [0.3, 0.4) is 0 Å². The summed E-state index contributed by atoms with van der Waals surface area (Å²) in [5.41, 5.74) is 0. The summed E-state index contributed by atoms with van der Waals surface area (Å²) in [6.07, 6.45) is 0. The predicted octanol–water partition coefficient (Wildman–Crippen LogP) is 1.99. The maximum atomic E-state index is 5.68. The zero-order valence-electron chi connectivity index (χ0n) is 7.68. The molecule has 0 aromatic heterocycles. The Kier molecular flexibility index (Phi) is 3.53. The third-order valence-electron chi connectivity index (χ3n) is 2.07. The Morgan fingerprint density at radius 1 is 0.643 bits per heavy atom. The van der Waals surface area contributed by atoms with E-state index in [0.29, 0.717) is 0 Å². The van der Waals surface area contributed by atoms with Crippen LogP contribution in [0.1, 0.15) is 0 Å². The summed E-state index contributed by atoms with van der Waals surface area (Å²) in [5, 5.41) is 0. The minimum absolute atomic E-state index is 1.40. The van der Waals surface area contributed by atoms with E-state index in [1.54, 1.807) is 0 Å². The average Bonchev–Trinajstić information content (AvgIpc) is 2.30. The molecule has 0 aliphatic rings. The number of rotatable bonds is 2. The van der Waals surface area contributed by atoms with E-state index in [0.717, 1.165) is 0 Å². The standard InChI is InChI=1S/2C6H5.Pb.S/c2*1-2-4-6-5-3-1;;/h2*1-5H;;.